The van der Waals surface area contributed by atoms with E-state index in [2.05, 4.69) is 20.2 Å². The fourth-order valence-electron chi connectivity index (χ4n) is 3.76. The van der Waals surface area contributed by atoms with Crippen LogP contribution in [-0.4, -0.2) is 38.5 Å². The Hall–Kier alpha value is -3.49. The van der Waals surface area contributed by atoms with E-state index >= 15 is 0 Å². The second-order valence-electron chi connectivity index (χ2n) is 7.38. The minimum absolute atomic E-state index is 0.00388. The van der Waals surface area contributed by atoms with Crippen molar-refractivity contribution in [2.75, 3.05) is 23.3 Å². The molecule has 8 nitrogen and oxygen atoms in total. The number of aromatic nitrogens is 3. The molecule has 3 aromatic rings. The molecule has 0 aliphatic carbocycles. The van der Waals surface area contributed by atoms with Gasteiger partial charge < -0.3 is 15.3 Å². The zero-order chi connectivity index (χ0) is 21.3. The number of hydrogen-bond donors (Lipinski definition) is 2. The van der Waals surface area contributed by atoms with Crippen LogP contribution in [0, 0.1) is 5.82 Å². The average molecular weight is 411 g/mol. The third-order valence-corrected chi connectivity index (χ3v) is 5.28. The molecule has 3 aromatic heterocycles. The standard InChI is InChI=1S/C21H22FN5O3/c1-13(24-19-15(21(29)30)6-5-7-23-19)16-10-14(22)12-27-18(28)11-17(25-20(16)27)26-8-3-2-4-9-26/h5-7,10-13H,2-4,8-9H2,1H3,(H,23,24)(H,29,30)/t13-/m1/s1. The Bertz CT molecular complexity index is 1160. The molecule has 1 aliphatic heterocycles. The van der Waals surface area contributed by atoms with E-state index in [4.69, 9.17) is 0 Å². The van der Waals surface area contributed by atoms with Crippen molar-refractivity contribution >= 4 is 23.3 Å². The van der Waals surface area contributed by atoms with Crippen molar-refractivity contribution in [3.63, 3.8) is 0 Å². The number of aromatic carboxylic acids is 1. The average Bonchev–Trinajstić information content (AvgIpc) is 2.74. The van der Waals surface area contributed by atoms with Crippen LogP contribution in [0.2, 0.25) is 0 Å². The number of anilines is 2. The van der Waals surface area contributed by atoms with E-state index in [1.54, 1.807) is 6.92 Å². The van der Waals surface area contributed by atoms with Gasteiger partial charge in [-0.2, -0.15) is 0 Å². The molecular weight excluding hydrogens is 389 g/mol. The van der Waals surface area contributed by atoms with Crippen LogP contribution in [-0.2, 0) is 0 Å². The maximum Gasteiger partial charge on any atom is 0.339 e. The number of piperidine rings is 1. The highest BCUT2D eigenvalue weighted by Crippen LogP contribution is 2.25. The van der Waals surface area contributed by atoms with E-state index in [0.29, 0.717) is 17.0 Å². The van der Waals surface area contributed by atoms with Gasteiger partial charge in [0.15, 0.2) is 0 Å². The number of rotatable bonds is 5. The smallest absolute Gasteiger partial charge is 0.339 e. The number of carboxylic acid groups (broad SMARTS) is 1. The van der Waals surface area contributed by atoms with Crippen molar-refractivity contribution < 1.29 is 14.3 Å². The number of nitrogens with zero attached hydrogens (tertiary/aromatic N) is 4. The lowest BCUT2D eigenvalue weighted by Crippen LogP contribution is -2.32. The van der Waals surface area contributed by atoms with Crippen LogP contribution in [0.25, 0.3) is 5.65 Å². The Morgan fingerprint density at radius 1 is 1.27 bits per heavy atom. The number of carbonyl (C=O) groups is 1. The van der Waals surface area contributed by atoms with Crippen LogP contribution >= 0.6 is 0 Å². The van der Waals surface area contributed by atoms with E-state index < -0.39 is 17.8 Å². The van der Waals surface area contributed by atoms with Crippen LogP contribution in [0.5, 0.6) is 0 Å². The third kappa shape index (κ3) is 3.83. The molecule has 4 rings (SSSR count). The van der Waals surface area contributed by atoms with Gasteiger partial charge >= 0.3 is 5.97 Å². The van der Waals surface area contributed by atoms with Gasteiger partial charge in [0.05, 0.1) is 6.04 Å². The maximum absolute atomic E-state index is 14.3. The van der Waals surface area contributed by atoms with E-state index in [1.165, 1.54) is 34.9 Å². The number of fused-ring (bicyclic) bond motifs is 1. The summed E-state index contributed by atoms with van der Waals surface area (Å²) in [4.78, 5) is 35.0. The summed E-state index contributed by atoms with van der Waals surface area (Å²) in [6, 6.07) is 5.16. The summed E-state index contributed by atoms with van der Waals surface area (Å²) in [7, 11) is 0. The topological polar surface area (TPSA) is 99.8 Å². The maximum atomic E-state index is 14.3. The molecule has 0 bridgehead atoms. The van der Waals surface area contributed by atoms with Gasteiger partial charge in [0.25, 0.3) is 5.56 Å². The largest absolute Gasteiger partial charge is 0.478 e. The van der Waals surface area contributed by atoms with Gasteiger partial charge in [0.2, 0.25) is 0 Å². The normalized spacial score (nSPS) is 15.2. The number of hydrogen-bond acceptors (Lipinski definition) is 6. The Kier molecular flexibility index (Phi) is 5.35. The van der Waals surface area contributed by atoms with Crippen LogP contribution in [0.4, 0.5) is 16.0 Å². The van der Waals surface area contributed by atoms with Gasteiger partial charge in [-0.3, -0.25) is 9.20 Å². The monoisotopic (exact) mass is 411 g/mol. The highest BCUT2D eigenvalue weighted by molar-refractivity contribution is 5.93. The van der Waals surface area contributed by atoms with Crippen molar-refractivity contribution in [3.05, 3.63) is 64.0 Å². The number of halogens is 1. The minimum Gasteiger partial charge on any atom is -0.478 e. The first kappa shape index (κ1) is 19.8. The first-order chi connectivity index (χ1) is 14.4. The Morgan fingerprint density at radius 3 is 2.77 bits per heavy atom. The summed E-state index contributed by atoms with van der Waals surface area (Å²) in [5, 5.41) is 12.4. The molecule has 0 spiro atoms. The molecule has 0 radical (unpaired) electrons. The molecule has 0 saturated carbocycles. The van der Waals surface area contributed by atoms with Crippen molar-refractivity contribution in [2.24, 2.45) is 0 Å². The fraction of sp³-hybridized carbons (Fsp3) is 0.333. The first-order valence-electron chi connectivity index (χ1n) is 9.86. The van der Waals surface area contributed by atoms with Gasteiger partial charge in [0.1, 0.15) is 28.7 Å². The van der Waals surface area contributed by atoms with Crippen LogP contribution in [0.1, 0.15) is 48.1 Å². The lowest BCUT2D eigenvalue weighted by molar-refractivity contribution is 0.0697. The van der Waals surface area contributed by atoms with Crippen molar-refractivity contribution in [1.82, 2.24) is 14.4 Å². The summed E-state index contributed by atoms with van der Waals surface area (Å²) in [5.41, 5.74) is 0.409. The summed E-state index contributed by atoms with van der Waals surface area (Å²) >= 11 is 0. The molecule has 30 heavy (non-hydrogen) atoms. The fourth-order valence-corrected chi connectivity index (χ4v) is 3.76. The van der Waals surface area contributed by atoms with Gasteiger partial charge in [0, 0.05) is 37.1 Å². The van der Waals surface area contributed by atoms with Gasteiger partial charge in [-0.25, -0.2) is 19.2 Å². The number of carboxylic acids is 1. The quantitative estimate of drug-likeness (QED) is 0.665. The van der Waals surface area contributed by atoms with E-state index in [0.717, 1.165) is 38.5 Å². The summed E-state index contributed by atoms with van der Waals surface area (Å²) in [6.07, 6.45) is 5.81. The SMILES string of the molecule is C[C@@H](Nc1ncccc1C(=O)O)c1cc(F)cn2c(=O)cc(N3CCCCC3)nc12. The van der Waals surface area contributed by atoms with Crippen LogP contribution in [0.15, 0.2) is 41.5 Å². The molecule has 0 amide bonds. The summed E-state index contributed by atoms with van der Waals surface area (Å²) in [6.45, 7) is 3.39. The second kappa shape index (κ2) is 8.10. The van der Waals surface area contributed by atoms with E-state index in [9.17, 15) is 19.1 Å². The van der Waals surface area contributed by atoms with Crippen molar-refractivity contribution in [1.29, 1.82) is 0 Å². The van der Waals surface area contributed by atoms with Gasteiger partial charge in [-0.15, -0.1) is 0 Å². The number of pyridine rings is 2. The molecule has 1 saturated heterocycles. The minimum atomic E-state index is -1.12. The molecule has 4 heterocycles. The predicted octanol–water partition coefficient (Wildman–Crippen LogP) is 3.09. The molecule has 0 aromatic carbocycles. The molecule has 1 atom stereocenters. The summed E-state index contributed by atoms with van der Waals surface area (Å²) in [5.74, 6) is -0.970. The lowest BCUT2D eigenvalue weighted by Gasteiger charge is -2.28. The molecular formula is C21H22FN5O3. The Morgan fingerprint density at radius 2 is 2.03 bits per heavy atom. The molecule has 1 aliphatic rings. The van der Waals surface area contributed by atoms with Gasteiger partial charge in [-0.1, -0.05) is 0 Å². The molecule has 156 valence electrons. The molecule has 0 unspecified atom stereocenters. The second-order valence-corrected chi connectivity index (χ2v) is 7.38. The van der Waals surface area contributed by atoms with Crippen LogP contribution < -0.4 is 15.8 Å². The predicted molar refractivity (Wildman–Crippen MR) is 111 cm³/mol. The molecule has 1 fully saturated rings. The van der Waals surface area contributed by atoms with Gasteiger partial charge in [-0.05, 0) is 44.4 Å². The highest BCUT2D eigenvalue weighted by atomic mass is 19.1. The van der Waals surface area contributed by atoms with Crippen molar-refractivity contribution in [3.8, 4) is 0 Å². The molecule has 9 heteroatoms. The zero-order valence-corrected chi connectivity index (χ0v) is 16.5. The highest BCUT2D eigenvalue weighted by Gasteiger charge is 2.20. The van der Waals surface area contributed by atoms with Crippen LogP contribution in [0.3, 0.4) is 0 Å². The Balaban J connectivity index is 1.78. The zero-order valence-electron chi connectivity index (χ0n) is 16.5. The van der Waals surface area contributed by atoms with Crippen molar-refractivity contribution in [2.45, 2.75) is 32.2 Å². The lowest BCUT2D eigenvalue weighted by atomic mass is 10.1. The summed E-state index contributed by atoms with van der Waals surface area (Å²) < 4.78 is 15.5. The third-order valence-electron chi connectivity index (χ3n) is 5.28. The van der Waals surface area contributed by atoms with E-state index in [-0.39, 0.29) is 16.9 Å². The molecule has 2 N–H and O–H groups in total. The van der Waals surface area contributed by atoms with E-state index in [1.807, 2.05) is 0 Å². The first-order valence-corrected chi connectivity index (χ1v) is 9.86. The number of nitrogens with one attached hydrogen (secondary N) is 1. The Labute approximate surface area is 172 Å².